The van der Waals surface area contributed by atoms with Gasteiger partial charge in [-0.05, 0) is 105 Å². The molecule has 4 aromatic carbocycles. The summed E-state index contributed by atoms with van der Waals surface area (Å²) in [5.41, 5.74) is 4.82. The maximum atomic E-state index is 10.9. The number of hydrogen-bond donors (Lipinski definition) is 3. The molecule has 274 valence electrons. The number of aromatic nitrogens is 6. The average molecular weight is 817 g/mol. The van der Waals surface area contributed by atoms with E-state index in [4.69, 9.17) is 61.1 Å². The van der Waals surface area contributed by atoms with Gasteiger partial charge in [-0.3, -0.25) is 9.97 Å². The molecule has 0 saturated heterocycles. The Kier molecular flexibility index (Phi) is 9.32. The SMILES string of the molecule is CC(C)(C)Oc1ccc(-c2[nH]/c(=C(/C#N)c3cnc4cc(Cl)c(Cl)cc4n3)c3c(-c4ccc(O)cc4)[nH]/c(=C(/C#N)c4cnc5cc(Cl)c(Cl)cc5n4)c23)cc1. The van der Waals surface area contributed by atoms with Gasteiger partial charge in [0.15, 0.2) is 0 Å². The topological polar surface area (TPSA) is 160 Å². The number of hydrogen-bond acceptors (Lipinski definition) is 8. The fourth-order valence-electron chi connectivity index (χ4n) is 6.47. The first-order valence-corrected chi connectivity index (χ1v) is 18.5. The lowest BCUT2D eigenvalue weighted by Gasteiger charge is -2.21. The second-order valence-corrected chi connectivity index (χ2v) is 15.4. The molecular formula is C42H26Cl4N8O2. The lowest BCUT2D eigenvalue weighted by Crippen LogP contribution is -2.22. The molecule has 0 fully saturated rings. The van der Waals surface area contributed by atoms with Crippen LogP contribution in [0.5, 0.6) is 11.5 Å². The first-order valence-electron chi connectivity index (χ1n) is 17.0. The number of phenols is 1. The van der Waals surface area contributed by atoms with E-state index in [-0.39, 0.29) is 28.3 Å². The van der Waals surface area contributed by atoms with Crippen molar-refractivity contribution in [3.63, 3.8) is 0 Å². The number of H-pyrrole nitrogens is 2. The summed E-state index contributed by atoms with van der Waals surface area (Å²) in [5.74, 6) is 0.723. The summed E-state index contributed by atoms with van der Waals surface area (Å²) in [6.07, 6.45) is 3.00. The summed E-state index contributed by atoms with van der Waals surface area (Å²) >= 11 is 25.2. The molecule has 0 saturated carbocycles. The minimum absolute atomic E-state index is 0.0632. The Morgan fingerprint density at radius 3 is 1.41 bits per heavy atom. The van der Waals surface area contributed by atoms with E-state index in [0.29, 0.717) is 86.3 Å². The predicted octanol–water partition coefficient (Wildman–Crippen LogP) is 9.66. The van der Waals surface area contributed by atoms with Gasteiger partial charge in [-0.25, -0.2) is 9.97 Å². The number of phenolic OH excluding ortho intramolecular Hbond substituents is 1. The highest BCUT2D eigenvalue weighted by molar-refractivity contribution is 6.43. The second kappa shape index (κ2) is 14.2. The molecule has 0 unspecified atom stereocenters. The molecular weight excluding hydrogens is 790 g/mol. The van der Waals surface area contributed by atoms with Crippen LogP contribution in [0.25, 0.3) is 66.5 Å². The van der Waals surface area contributed by atoms with Crippen molar-refractivity contribution < 1.29 is 9.84 Å². The maximum Gasteiger partial charge on any atom is 0.120 e. The highest BCUT2D eigenvalue weighted by atomic mass is 35.5. The van der Waals surface area contributed by atoms with Crippen LogP contribution in [0.15, 0.2) is 85.2 Å². The molecule has 0 bridgehead atoms. The summed E-state index contributed by atoms with van der Waals surface area (Å²) in [6.45, 7) is 5.90. The Hall–Kier alpha value is -6.14. The van der Waals surface area contributed by atoms with Crippen molar-refractivity contribution in [1.29, 1.82) is 10.5 Å². The van der Waals surface area contributed by atoms with E-state index in [9.17, 15) is 15.6 Å². The van der Waals surface area contributed by atoms with Crippen LogP contribution in [0.2, 0.25) is 20.1 Å². The van der Waals surface area contributed by atoms with Crippen molar-refractivity contribution >= 4 is 90.4 Å². The van der Waals surface area contributed by atoms with Gasteiger partial charge >= 0.3 is 0 Å². The third-order valence-electron chi connectivity index (χ3n) is 8.88. The molecule has 0 amide bonds. The zero-order valence-corrected chi connectivity index (χ0v) is 32.7. The number of nitrogens with zero attached hydrogens (tertiary/aromatic N) is 6. The molecule has 0 radical (unpaired) electrons. The first kappa shape index (κ1) is 36.8. The monoisotopic (exact) mass is 814 g/mol. The number of aromatic hydroxyl groups is 1. The van der Waals surface area contributed by atoms with Gasteiger partial charge in [0.1, 0.15) is 51.8 Å². The molecule has 14 heteroatoms. The van der Waals surface area contributed by atoms with Crippen LogP contribution in [-0.2, 0) is 0 Å². The van der Waals surface area contributed by atoms with Crippen LogP contribution < -0.4 is 15.4 Å². The minimum Gasteiger partial charge on any atom is -0.508 e. The van der Waals surface area contributed by atoms with Crippen molar-refractivity contribution in [3.8, 4) is 46.2 Å². The van der Waals surface area contributed by atoms with Crippen LogP contribution in [0.4, 0.5) is 0 Å². The molecule has 0 atom stereocenters. The summed E-state index contributed by atoms with van der Waals surface area (Å²) in [6, 6.07) is 25.2. The normalized spacial score (nSPS) is 12.8. The number of aromatic amines is 2. The van der Waals surface area contributed by atoms with E-state index in [2.05, 4.69) is 32.1 Å². The molecule has 8 aromatic rings. The molecule has 10 nitrogen and oxygen atoms in total. The standard InChI is InChI=1S/C42H26Cl4N8O2/c1-42(2,3)56-23-10-6-21(7-11-23)39-37-36(40(54-39)24(16-47)34-18-49-30-12-26(43)28(45)14-32(30)51-34)38(20-4-8-22(55)9-5-20)53-41(37)25(17-48)35-19-50-31-13-27(44)29(46)15-33(31)52-35/h4-15,18-19,53-55H,1-3H3/b40-24-,41-25-. The highest BCUT2D eigenvalue weighted by Crippen LogP contribution is 2.34. The van der Waals surface area contributed by atoms with Gasteiger partial charge in [0, 0.05) is 10.8 Å². The molecule has 0 aliphatic rings. The van der Waals surface area contributed by atoms with Crippen LogP contribution in [-0.4, -0.2) is 40.6 Å². The van der Waals surface area contributed by atoms with Gasteiger partial charge in [-0.2, -0.15) is 10.5 Å². The Labute approximate surface area is 338 Å². The molecule has 4 heterocycles. The Bertz CT molecular complexity index is 3010. The summed E-state index contributed by atoms with van der Waals surface area (Å²) in [5, 5.41) is 35.2. The number of nitriles is 2. The third kappa shape index (κ3) is 6.74. The number of ether oxygens (including phenoxy) is 1. The van der Waals surface area contributed by atoms with Gasteiger partial charge in [0.2, 0.25) is 0 Å². The summed E-state index contributed by atoms with van der Waals surface area (Å²) < 4.78 is 6.11. The van der Waals surface area contributed by atoms with Crippen LogP contribution in [0, 0.1) is 22.7 Å². The van der Waals surface area contributed by atoms with Crippen molar-refractivity contribution in [3.05, 3.63) is 127 Å². The summed E-state index contributed by atoms with van der Waals surface area (Å²) in [7, 11) is 0. The first-order chi connectivity index (χ1) is 26.8. The molecule has 0 spiro atoms. The predicted molar refractivity (Wildman–Crippen MR) is 220 cm³/mol. The number of benzene rings is 4. The molecule has 3 N–H and O–H groups in total. The Morgan fingerprint density at radius 1 is 0.625 bits per heavy atom. The molecule has 0 aliphatic heterocycles. The summed E-state index contributed by atoms with van der Waals surface area (Å²) in [4.78, 5) is 25.7. The van der Waals surface area contributed by atoms with Gasteiger partial charge in [0.25, 0.3) is 0 Å². The van der Waals surface area contributed by atoms with E-state index in [1.54, 1.807) is 48.5 Å². The molecule has 56 heavy (non-hydrogen) atoms. The Balaban J connectivity index is 1.52. The third-order valence-corrected chi connectivity index (χ3v) is 10.3. The van der Waals surface area contributed by atoms with Crippen molar-refractivity contribution in [2.24, 2.45) is 0 Å². The van der Waals surface area contributed by atoms with Gasteiger partial charge < -0.3 is 19.8 Å². The van der Waals surface area contributed by atoms with Gasteiger partial charge in [-0.15, -0.1) is 0 Å². The fraction of sp³-hybridized carbons (Fsp3) is 0.0952. The molecule has 8 rings (SSSR count). The zero-order chi connectivity index (χ0) is 39.5. The fourth-order valence-corrected chi connectivity index (χ4v) is 7.10. The van der Waals surface area contributed by atoms with Crippen molar-refractivity contribution in [2.75, 3.05) is 0 Å². The van der Waals surface area contributed by atoms with Crippen molar-refractivity contribution in [2.45, 2.75) is 26.4 Å². The lowest BCUT2D eigenvalue weighted by atomic mass is 10.0. The largest absolute Gasteiger partial charge is 0.508 e. The van der Waals surface area contributed by atoms with E-state index in [1.165, 1.54) is 12.4 Å². The number of nitrogens with one attached hydrogen (secondary N) is 2. The van der Waals surface area contributed by atoms with Crippen LogP contribution in [0.1, 0.15) is 32.2 Å². The van der Waals surface area contributed by atoms with Gasteiger partial charge in [0.05, 0.1) is 76.6 Å². The zero-order valence-electron chi connectivity index (χ0n) is 29.6. The number of halogens is 4. The van der Waals surface area contributed by atoms with Gasteiger partial charge in [-0.1, -0.05) is 46.4 Å². The quantitative estimate of drug-likeness (QED) is 0.155. The highest BCUT2D eigenvalue weighted by Gasteiger charge is 2.24. The average Bonchev–Trinajstić information content (AvgIpc) is 3.73. The molecule has 0 aliphatic carbocycles. The van der Waals surface area contributed by atoms with Crippen molar-refractivity contribution in [1.82, 2.24) is 29.9 Å². The lowest BCUT2D eigenvalue weighted by molar-refractivity contribution is 0.131. The number of fused-ring (bicyclic) bond motifs is 3. The Morgan fingerprint density at radius 2 is 1.02 bits per heavy atom. The van der Waals surface area contributed by atoms with E-state index < -0.39 is 5.60 Å². The second-order valence-electron chi connectivity index (χ2n) is 13.8. The molecule has 4 aromatic heterocycles. The smallest absolute Gasteiger partial charge is 0.120 e. The van der Waals surface area contributed by atoms with E-state index in [1.807, 2.05) is 45.0 Å². The maximum absolute atomic E-state index is 10.9. The van der Waals surface area contributed by atoms with E-state index >= 15 is 0 Å². The number of rotatable bonds is 5. The minimum atomic E-state index is -0.429. The van der Waals surface area contributed by atoms with E-state index in [0.717, 1.165) is 5.56 Å². The van der Waals surface area contributed by atoms with Crippen LogP contribution >= 0.6 is 46.4 Å². The van der Waals surface area contributed by atoms with Crippen LogP contribution in [0.3, 0.4) is 0 Å².